The summed E-state index contributed by atoms with van der Waals surface area (Å²) in [7, 11) is 1.30. The summed E-state index contributed by atoms with van der Waals surface area (Å²) in [4.78, 5) is 27.4. The van der Waals surface area contributed by atoms with Gasteiger partial charge in [-0.25, -0.2) is 4.79 Å². The van der Waals surface area contributed by atoms with Crippen LogP contribution in [0, 0.1) is 5.92 Å². The van der Waals surface area contributed by atoms with E-state index in [0.717, 1.165) is 17.7 Å². The molecule has 1 aliphatic heterocycles. The third kappa shape index (κ3) is 5.74. The maximum atomic E-state index is 13.1. The molecule has 31 heavy (non-hydrogen) atoms. The SMILES string of the molecule is COC(=O)C(c1ccccc1)N1C(=O)/C(=C\c2ccc(OCCC(C)C)cc2)SC1=S. The number of esters is 1. The molecule has 1 amide bonds. The molecule has 2 aromatic rings. The van der Waals surface area contributed by atoms with Gasteiger partial charge in [0.05, 0.1) is 18.6 Å². The maximum absolute atomic E-state index is 13.1. The molecule has 0 saturated carbocycles. The molecule has 2 aromatic carbocycles. The maximum Gasteiger partial charge on any atom is 0.333 e. The molecule has 7 heteroatoms. The zero-order valence-corrected chi connectivity index (χ0v) is 19.4. The smallest absolute Gasteiger partial charge is 0.333 e. The first-order chi connectivity index (χ1) is 14.9. The lowest BCUT2D eigenvalue weighted by Crippen LogP contribution is -2.37. The largest absolute Gasteiger partial charge is 0.494 e. The van der Waals surface area contributed by atoms with Crippen LogP contribution in [0.5, 0.6) is 5.75 Å². The number of thioether (sulfide) groups is 1. The Morgan fingerprint density at radius 1 is 1.13 bits per heavy atom. The minimum Gasteiger partial charge on any atom is -0.494 e. The van der Waals surface area contributed by atoms with Crippen molar-refractivity contribution in [1.29, 1.82) is 0 Å². The highest BCUT2D eigenvalue weighted by molar-refractivity contribution is 8.26. The summed E-state index contributed by atoms with van der Waals surface area (Å²) >= 11 is 6.62. The highest BCUT2D eigenvalue weighted by Gasteiger charge is 2.41. The van der Waals surface area contributed by atoms with E-state index in [2.05, 4.69) is 13.8 Å². The average Bonchev–Trinajstić information content (AvgIpc) is 3.03. The molecule has 1 unspecified atom stereocenters. The fourth-order valence-corrected chi connectivity index (χ4v) is 4.38. The molecule has 162 valence electrons. The molecule has 0 radical (unpaired) electrons. The number of rotatable bonds is 8. The third-order valence-corrected chi connectivity index (χ3v) is 6.09. The Labute approximate surface area is 192 Å². The van der Waals surface area contributed by atoms with Crippen LogP contribution in [0.4, 0.5) is 0 Å². The highest BCUT2D eigenvalue weighted by Crippen LogP contribution is 2.38. The van der Waals surface area contributed by atoms with Crippen molar-refractivity contribution in [3.8, 4) is 5.75 Å². The normalized spacial score (nSPS) is 16.1. The zero-order valence-electron chi connectivity index (χ0n) is 17.7. The molecule has 0 aliphatic carbocycles. The number of hydrogen-bond acceptors (Lipinski definition) is 6. The highest BCUT2D eigenvalue weighted by atomic mass is 32.2. The van der Waals surface area contributed by atoms with Gasteiger partial charge in [0.1, 0.15) is 10.1 Å². The Hall–Kier alpha value is -2.64. The van der Waals surface area contributed by atoms with Gasteiger partial charge in [-0.05, 0) is 41.7 Å². The first-order valence-corrected chi connectivity index (χ1v) is 11.3. The molecule has 1 fully saturated rings. The average molecular weight is 456 g/mol. The van der Waals surface area contributed by atoms with Crippen LogP contribution < -0.4 is 4.74 Å². The van der Waals surface area contributed by atoms with Crippen molar-refractivity contribution < 1.29 is 19.1 Å². The van der Waals surface area contributed by atoms with Crippen molar-refractivity contribution in [2.45, 2.75) is 26.3 Å². The summed E-state index contributed by atoms with van der Waals surface area (Å²) in [5, 5.41) is 0. The second kappa shape index (κ2) is 10.6. The predicted octanol–water partition coefficient (Wildman–Crippen LogP) is 5.23. The molecule has 1 aliphatic rings. The van der Waals surface area contributed by atoms with Gasteiger partial charge in [0.25, 0.3) is 5.91 Å². The van der Waals surface area contributed by atoms with E-state index >= 15 is 0 Å². The van der Waals surface area contributed by atoms with Gasteiger partial charge in [0, 0.05) is 0 Å². The van der Waals surface area contributed by atoms with E-state index in [1.165, 1.54) is 23.8 Å². The van der Waals surface area contributed by atoms with Gasteiger partial charge in [0.2, 0.25) is 0 Å². The van der Waals surface area contributed by atoms with Crippen LogP contribution in [0.2, 0.25) is 0 Å². The van der Waals surface area contributed by atoms with Crippen molar-refractivity contribution in [2.75, 3.05) is 13.7 Å². The fourth-order valence-electron chi connectivity index (χ4n) is 3.06. The number of hydrogen-bond donors (Lipinski definition) is 0. The minimum atomic E-state index is -0.915. The van der Waals surface area contributed by atoms with E-state index in [1.807, 2.05) is 42.5 Å². The van der Waals surface area contributed by atoms with Crippen molar-refractivity contribution >= 4 is 46.3 Å². The van der Waals surface area contributed by atoms with Crippen molar-refractivity contribution in [3.05, 3.63) is 70.6 Å². The Kier molecular flexibility index (Phi) is 7.87. The molecule has 0 aromatic heterocycles. The lowest BCUT2D eigenvalue weighted by atomic mass is 10.1. The molecule has 0 bridgehead atoms. The predicted molar refractivity (Wildman–Crippen MR) is 128 cm³/mol. The molecule has 1 saturated heterocycles. The summed E-state index contributed by atoms with van der Waals surface area (Å²) in [6.07, 6.45) is 2.77. The number of carbonyl (C=O) groups is 2. The number of amides is 1. The molecule has 3 rings (SSSR count). The topological polar surface area (TPSA) is 55.8 Å². The molecular weight excluding hydrogens is 430 g/mol. The Morgan fingerprint density at radius 3 is 2.42 bits per heavy atom. The summed E-state index contributed by atoms with van der Waals surface area (Å²) in [5.41, 5.74) is 1.50. The lowest BCUT2D eigenvalue weighted by Gasteiger charge is -2.24. The zero-order chi connectivity index (χ0) is 22.4. The Balaban J connectivity index is 1.79. The van der Waals surface area contributed by atoms with Gasteiger partial charge in [-0.3, -0.25) is 9.69 Å². The summed E-state index contributed by atoms with van der Waals surface area (Å²) in [6.45, 7) is 4.99. The number of nitrogens with zero attached hydrogens (tertiary/aromatic N) is 1. The summed E-state index contributed by atoms with van der Waals surface area (Å²) < 4.78 is 11.0. The van der Waals surface area contributed by atoms with E-state index in [9.17, 15) is 9.59 Å². The number of ether oxygens (including phenoxy) is 2. The number of thiocarbonyl (C=S) groups is 1. The second-order valence-corrected chi connectivity index (χ2v) is 9.16. The number of benzene rings is 2. The second-order valence-electron chi connectivity index (χ2n) is 7.49. The van der Waals surface area contributed by atoms with E-state index in [0.29, 0.717) is 27.3 Å². The van der Waals surface area contributed by atoms with Gasteiger partial charge in [-0.1, -0.05) is 80.3 Å². The lowest BCUT2D eigenvalue weighted by molar-refractivity contribution is -0.148. The van der Waals surface area contributed by atoms with Gasteiger partial charge >= 0.3 is 5.97 Å². The first kappa shape index (κ1) is 23.0. The van der Waals surface area contributed by atoms with Crippen LogP contribution in [-0.4, -0.2) is 34.8 Å². The molecule has 0 N–H and O–H groups in total. The number of methoxy groups -OCH3 is 1. The molecule has 5 nitrogen and oxygen atoms in total. The summed E-state index contributed by atoms with van der Waals surface area (Å²) in [5.74, 6) is 0.532. The van der Waals surface area contributed by atoms with Crippen molar-refractivity contribution in [3.63, 3.8) is 0 Å². The van der Waals surface area contributed by atoms with Crippen LogP contribution in [0.1, 0.15) is 37.4 Å². The van der Waals surface area contributed by atoms with Gasteiger partial charge in [0.15, 0.2) is 6.04 Å². The first-order valence-electron chi connectivity index (χ1n) is 10.0. The van der Waals surface area contributed by atoms with Crippen LogP contribution in [0.3, 0.4) is 0 Å². The van der Waals surface area contributed by atoms with Crippen LogP contribution in [0.15, 0.2) is 59.5 Å². The van der Waals surface area contributed by atoms with Crippen molar-refractivity contribution in [2.24, 2.45) is 5.92 Å². The van der Waals surface area contributed by atoms with Crippen molar-refractivity contribution in [1.82, 2.24) is 4.90 Å². The van der Waals surface area contributed by atoms with E-state index in [-0.39, 0.29) is 5.91 Å². The van der Waals surface area contributed by atoms with E-state index in [1.54, 1.807) is 18.2 Å². The molecular formula is C24H25NO4S2. The molecule has 1 atom stereocenters. The monoisotopic (exact) mass is 455 g/mol. The fraction of sp³-hybridized carbons (Fsp3) is 0.292. The Bertz CT molecular complexity index is 971. The van der Waals surface area contributed by atoms with E-state index < -0.39 is 12.0 Å². The van der Waals surface area contributed by atoms with Crippen LogP contribution in [-0.2, 0) is 14.3 Å². The van der Waals surface area contributed by atoms with Crippen LogP contribution in [0.25, 0.3) is 6.08 Å². The molecule has 1 heterocycles. The Morgan fingerprint density at radius 2 is 1.81 bits per heavy atom. The van der Waals surface area contributed by atoms with Crippen LogP contribution >= 0.6 is 24.0 Å². The molecule has 0 spiro atoms. The standard InChI is InChI=1S/C24H25NO4S2/c1-16(2)13-14-29-19-11-9-17(10-12-19)15-20-22(26)25(24(30)31-20)21(23(27)28-3)18-7-5-4-6-8-18/h4-12,15-16,21H,13-14H2,1-3H3/b20-15+. The van der Waals surface area contributed by atoms with Gasteiger partial charge in [-0.15, -0.1) is 0 Å². The van der Waals surface area contributed by atoms with Gasteiger partial charge < -0.3 is 9.47 Å². The third-order valence-electron chi connectivity index (χ3n) is 4.76. The summed E-state index contributed by atoms with van der Waals surface area (Å²) in [6, 6.07) is 15.7. The number of carbonyl (C=O) groups excluding carboxylic acids is 2. The van der Waals surface area contributed by atoms with Gasteiger partial charge in [-0.2, -0.15) is 0 Å². The minimum absolute atomic E-state index is 0.313. The quantitative estimate of drug-likeness (QED) is 0.309. The van der Waals surface area contributed by atoms with E-state index in [4.69, 9.17) is 21.7 Å².